The van der Waals surface area contributed by atoms with E-state index in [1.165, 1.54) is 0 Å². The van der Waals surface area contributed by atoms with Crippen molar-refractivity contribution in [1.82, 2.24) is 0 Å². The number of aliphatic hydroxyl groups is 1. The molecule has 0 rings (SSSR count). The van der Waals surface area contributed by atoms with Crippen molar-refractivity contribution in [3.05, 3.63) is 0 Å². The zero-order chi connectivity index (χ0) is 12.9. The zero-order valence-electron chi connectivity index (χ0n) is 9.72. The number of halogens is 1. The van der Waals surface area contributed by atoms with Crippen LogP contribution in [0.2, 0.25) is 0 Å². The molecule has 0 atom stereocenters. The van der Waals surface area contributed by atoms with Crippen molar-refractivity contribution in [3.63, 3.8) is 0 Å². The Morgan fingerprint density at radius 1 is 0.812 bits per heavy atom. The Bertz CT molecular complexity index is 48.5. The van der Waals surface area contributed by atoms with Crippen LogP contribution in [0, 0.1) is 0 Å². The van der Waals surface area contributed by atoms with Gasteiger partial charge in [-0.3, -0.25) is 15.8 Å². The van der Waals surface area contributed by atoms with Crippen molar-refractivity contribution >= 4 is 11.6 Å². The first-order valence-corrected chi connectivity index (χ1v) is 4.65. The number of hydrogen-bond acceptors (Lipinski definition) is 7. The normalized spacial score (nSPS) is 6.75. The zero-order valence-corrected chi connectivity index (χ0v) is 12.0. The molecule has 4 N–H and O–H groups in total. The summed E-state index contributed by atoms with van der Waals surface area (Å²) in [6.45, 7) is 6.25. The first-order valence-electron chi connectivity index (χ1n) is 4.12. The molecule has 0 aromatic carbocycles. The SMILES string of the molecule is CCOO.CCOO.CCOO.OCCl.[Ti]. The van der Waals surface area contributed by atoms with E-state index in [1.54, 1.807) is 20.8 Å². The van der Waals surface area contributed by atoms with Gasteiger partial charge in [0.2, 0.25) is 0 Å². The van der Waals surface area contributed by atoms with E-state index in [2.05, 4.69) is 26.3 Å². The molecule has 0 aromatic heterocycles. The monoisotopic (exact) mass is 300 g/mol. The van der Waals surface area contributed by atoms with Gasteiger partial charge in [-0.1, -0.05) is 11.6 Å². The van der Waals surface area contributed by atoms with Gasteiger partial charge in [-0.2, -0.15) is 0 Å². The molecule has 0 radical (unpaired) electrons. The molecule has 7 nitrogen and oxygen atoms in total. The summed E-state index contributed by atoms with van der Waals surface area (Å²) >= 11 is 4.55. The standard InChI is InChI=1S/3C2H6O2.CH3ClO.Ti/c3*1-2-4-3;2-1-3;/h3*3H,2H2,1H3;3H,1H2;. The van der Waals surface area contributed by atoms with Crippen molar-refractivity contribution in [2.75, 3.05) is 25.9 Å². The summed E-state index contributed by atoms with van der Waals surface area (Å²) in [6.07, 6.45) is 0. The van der Waals surface area contributed by atoms with Gasteiger partial charge < -0.3 is 5.11 Å². The van der Waals surface area contributed by atoms with Gasteiger partial charge in [-0.25, -0.2) is 14.7 Å². The first kappa shape index (κ1) is 30.1. The van der Waals surface area contributed by atoms with Crippen molar-refractivity contribution in [3.8, 4) is 0 Å². The second-order valence-electron chi connectivity index (χ2n) is 1.37. The van der Waals surface area contributed by atoms with Gasteiger partial charge in [-0.05, 0) is 20.8 Å². The van der Waals surface area contributed by atoms with Crippen molar-refractivity contribution in [2.24, 2.45) is 0 Å². The van der Waals surface area contributed by atoms with E-state index in [4.69, 9.17) is 20.9 Å². The second kappa shape index (κ2) is 57.1. The van der Waals surface area contributed by atoms with Crippen LogP contribution in [0.15, 0.2) is 0 Å². The molecule has 0 unspecified atom stereocenters. The predicted octanol–water partition coefficient (Wildman–Crippen LogP) is 1.66. The third-order valence-corrected chi connectivity index (χ3v) is 0.387. The number of rotatable bonds is 3. The van der Waals surface area contributed by atoms with Crippen LogP contribution in [-0.2, 0) is 36.4 Å². The maximum Gasteiger partial charge on any atom is 0.117 e. The van der Waals surface area contributed by atoms with E-state index in [1.807, 2.05) is 0 Å². The summed E-state index contributed by atoms with van der Waals surface area (Å²) in [6, 6.07) is -0.278. The Balaban J connectivity index is -0.0000000331. The first-order chi connectivity index (χ1) is 7.16. The number of alkyl halides is 1. The minimum Gasteiger partial charge on any atom is -0.381 e. The van der Waals surface area contributed by atoms with Gasteiger partial charge in [0.25, 0.3) is 0 Å². The topological polar surface area (TPSA) is 109 Å². The maximum absolute atomic E-state index is 7.38. The van der Waals surface area contributed by atoms with Crippen LogP contribution in [0.3, 0.4) is 0 Å². The summed E-state index contributed by atoms with van der Waals surface area (Å²) < 4.78 is 0. The van der Waals surface area contributed by atoms with Crippen LogP contribution in [0.4, 0.5) is 0 Å². The van der Waals surface area contributed by atoms with Crippen LogP contribution in [0.5, 0.6) is 0 Å². The van der Waals surface area contributed by atoms with Gasteiger partial charge in [0.1, 0.15) is 6.07 Å². The van der Waals surface area contributed by atoms with Crippen molar-refractivity contribution in [1.29, 1.82) is 0 Å². The van der Waals surface area contributed by atoms with E-state index in [-0.39, 0.29) is 27.8 Å². The Hall–Kier alpha value is 0.724. The van der Waals surface area contributed by atoms with Crippen LogP contribution in [-0.4, -0.2) is 46.8 Å². The summed E-state index contributed by atoms with van der Waals surface area (Å²) in [4.78, 5) is 10.6. The Kier molecular flexibility index (Phi) is 107. The van der Waals surface area contributed by atoms with Gasteiger partial charge >= 0.3 is 0 Å². The minimum atomic E-state index is -0.278. The fourth-order valence-corrected chi connectivity index (χ4v) is 0. The third-order valence-electron chi connectivity index (χ3n) is 0.387. The van der Waals surface area contributed by atoms with E-state index in [0.717, 1.165) is 0 Å². The molecular formula is C7H21ClO7Ti. The van der Waals surface area contributed by atoms with E-state index < -0.39 is 0 Å². The van der Waals surface area contributed by atoms with E-state index in [9.17, 15) is 0 Å². The molecular weight excluding hydrogens is 279 g/mol. The predicted molar refractivity (Wildman–Crippen MR) is 55.7 cm³/mol. The summed E-state index contributed by atoms with van der Waals surface area (Å²) in [5.74, 6) is 0. The molecule has 0 aliphatic heterocycles. The van der Waals surface area contributed by atoms with Gasteiger partial charge in [-0.15, -0.1) is 0 Å². The van der Waals surface area contributed by atoms with Crippen LogP contribution in [0.1, 0.15) is 20.8 Å². The molecule has 0 aromatic rings. The largest absolute Gasteiger partial charge is 0.381 e. The van der Waals surface area contributed by atoms with E-state index in [0.29, 0.717) is 19.8 Å². The average Bonchev–Trinajstić information content (AvgIpc) is 2.30. The third kappa shape index (κ3) is 200. The van der Waals surface area contributed by atoms with Gasteiger partial charge in [0.05, 0.1) is 19.8 Å². The van der Waals surface area contributed by atoms with E-state index >= 15 is 0 Å². The molecule has 9 heteroatoms. The van der Waals surface area contributed by atoms with Crippen molar-refractivity contribution in [2.45, 2.75) is 20.8 Å². The Morgan fingerprint density at radius 2 is 0.875 bits per heavy atom. The molecule has 0 aliphatic carbocycles. The molecule has 0 saturated heterocycles. The van der Waals surface area contributed by atoms with Gasteiger partial charge in [0, 0.05) is 21.7 Å². The summed E-state index contributed by atoms with van der Waals surface area (Å²) in [5, 5.41) is 29.5. The Morgan fingerprint density at radius 3 is 0.875 bits per heavy atom. The molecule has 102 valence electrons. The average molecular weight is 301 g/mol. The van der Waals surface area contributed by atoms with Gasteiger partial charge in [0.15, 0.2) is 0 Å². The molecule has 0 spiro atoms. The quantitative estimate of drug-likeness (QED) is 0.272. The molecule has 0 amide bonds. The Labute approximate surface area is 116 Å². The number of aliphatic hydroxyl groups excluding tert-OH is 1. The molecule has 0 heterocycles. The summed E-state index contributed by atoms with van der Waals surface area (Å²) in [7, 11) is 0. The molecule has 0 bridgehead atoms. The smallest absolute Gasteiger partial charge is 0.117 e. The fourth-order valence-electron chi connectivity index (χ4n) is 0. The second-order valence-corrected chi connectivity index (χ2v) is 1.61. The summed E-state index contributed by atoms with van der Waals surface area (Å²) in [5.41, 5.74) is 0. The molecule has 0 saturated carbocycles. The fraction of sp³-hybridized carbons (Fsp3) is 1.00. The van der Waals surface area contributed by atoms with Crippen LogP contribution >= 0.6 is 11.6 Å². The van der Waals surface area contributed by atoms with Crippen molar-refractivity contribution < 1.29 is 57.3 Å². The molecule has 0 aliphatic rings. The molecule has 16 heavy (non-hydrogen) atoms. The van der Waals surface area contributed by atoms with Crippen LogP contribution in [0.25, 0.3) is 0 Å². The minimum absolute atomic E-state index is 0. The molecule has 0 fully saturated rings. The maximum atomic E-state index is 7.38. The van der Waals surface area contributed by atoms with Crippen LogP contribution < -0.4 is 0 Å². The number of hydrogen-bond donors (Lipinski definition) is 4.